The summed E-state index contributed by atoms with van der Waals surface area (Å²) in [6.45, 7) is 7.07. The van der Waals surface area contributed by atoms with Crippen molar-refractivity contribution in [1.29, 1.82) is 0 Å². The van der Waals surface area contributed by atoms with Crippen molar-refractivity contribution in [2.45, 2.75) is 27.7 Å². The van der Waals surface area contributed by atoms with Crippen LogP contribution in [0.1, 0.15) is 27.7 Å². The van der Waals surface area contributed by atoms with Crippen LogP contribution in [0.4, 0.5) is 11.4 Å². The lowest BCUT2D eigenvalue weighted by atomic mass is 9.95. The van der Waals surface area contributed by atoms with Gasteiger partial charge >= 0.3 is 0 Å². The Morgan fingerprint density at radius 1 is 1.22 bits per heavy atom. The first-order valence-electron chi connectivity index (χ1n) is 5.87. The van der Waals surface area contributed by atoms with Gasteiger partial charge in [0.05, 0.1) is 0 Å². The molecule has 0 bridgehead atoms. The van der Waals surface area contributed by atoms with E-state index >= 15 is 0 Å². The van der Waals surface area contributed by atoms with Crippen LogP contribution in [0.3, 0.4) is 0 Å². The molecule has 1 N–H and O–H groups in total. The quantitative estimate of drug-likeness (QED) is 0.874. The number of hydrogen-bond donors (Lipinski definition) is 1. The third kappa shape index (κ3) is 3.58. The van der Waals surface area contributed by atoms with Gasteiger partial charge in [0.1, 0.15) is 0 Å². The first-order chi connectivity index (χ1) is 8.21. The summed E-state index contributed by atoms with van der Waals surface area (Å²) in [4.78, 5) is 24.7. The minimum Gasteiger partial charge on any atom is -0.326 e. The molecular weight excluding hydrogens is 228 g/mol. The van der Waals surface area contributed by atoms with E-state index in [1.54, 1.807) is 19.2 Å². The number of anilines is 2. The number of amides is 2. The van der Waals surface area contributed by atoms with Gasteiger partial charge in [-0.25, -0.2) is 0 Å². The average molecular weight is 248 g/mol. The predicted molar refractivity (Wildman–Crippen MR) is 73.6 cm³/mol. The van der Waals surface area contributed by atoms with Gasteiger partial charge in [-0.1, -0.05) is 26.8 Å². The first kappa shape index (κ1) is 14.2. The summed E-state index contributed by atoms with van der Waals surface area (Å²) in [6.07, 6.45) is 0. The van der Waals surface area contributed by atoms with Gasteiger partial charge in [-0.05, 0) is 18.2 Å². The minimum atomic E-state index is -0.442. The molecule has 98 valence electrons. The molecule has 0 fully saturated rings. The van der Waals surface area contributed by atoms with E-state index in [1.165, 1.54) is 11.8 Å². The maximum Gasteiger partial charge on any atom is 0.229 e. The Kier molecular flexibility index (Phi) is 4.11. The SMILES string of the molecule is CC(=O)N(C)c1cccc(NC(=O)C(C)(C)C)c1. The Morgan fingerprint density at radius 2 is 1.83 bits per heavy atom. The summed E-state index contributed by atoms with van der Waals surface area (Å²) in [5, 5.41) is 2.84. The van der Waals surface area contributed by atoms with Crippen molar-refractivity contribution in [1.82, 2.24) is 0 Å². The molecule has 0 aliphatic rings. The van der Waals surface area contributed by atoms with Crippen LogP contribution in [-0.4, -0.2) is 18.9 Å². The highest BCUT2D eigenvalue weighted by Gasteiger charge is 2.21. The molecule has 1 aromatic rings. The van der Waals surface area contributed by atoms with E-state index in [2.05, 4.69) is 5.32 Å². The Balaban J connectivity index is 2.90. The zero-order valence-electron chi connectivity index (χ0n) is 11.6. The molecule has 4 nitrogen and oxygen atoms in total. The van der Waals surface area contributed by atoms with E-state index < -0.39 is 5.41 Å². The number of hydrogen-bond acceptors (Lipinski definition) is 2. The summed E-state index contributed by atoms with van der Waals surface area (Å²) in [5.41, 5.74) is 1.01. The molecular formula is C14H20N2O2. The topological polar surface area (TPSA) is 49.4 Å². The Morgan fingerprint density at radius 3 is 2.33 bits per heavy atom. The van der Waals surface area contributed by atoms with Gasteiger partial charge in [0.2, 0.25) is 11.8 Å². The van der Waals surface area contributed by atoms with Crippen LogP contribution >= 0.6 is 0 Å². The Bertz CT molecular complexity index is 461. The second-order valence-electron chi connectivity index (χ2n) is 5.33. The average Bonchev–Trinajstić information content (AvgIpc) is 2.27. The lowest BCUT2D eigenvalue weighted by molar-refractivity contribution is -0.123. The van der Waals surface area contributed by atoms with Gasteiger partial charge < -0.3 is 10.2 Å². The normalized spacial score (nSPS) is 10.9. The molecule has 0 saturated heterocycles. The highest BCUT2D eigenvalue weighted by atomic mass is 16.2. The number of rotatable bonds is 2. The highest BCUT2D eigenvalue weighted by molar-refractivity contribution is 5.96. The molecule has 2 amide bonds. The number of nitrogens with zero attached hydrogens (tertiary/aromatic N) is 1. The standard InChI is InChI=1S/C14H20N2O2/c1-10(17)16(5)12-8-6-7-11(9-12)15-13(18)14(2,3)4/h6-9H,1-5H3,(H,15,18). The molecule has 0 unspecified atom stereocenters. The molecule has 18 heavy (non-hydrogen) atoms. The third-order valence-corrected chi connectivity index (χ3v) is 2.64. The monoisotopic (exact) mass is 248 g/mol. The van der Waals surface area contributed by atoms with E-state index in [0.717, 1.165) is 5.69 Å². The fraction of sp³-hybridized carbons (Fsp3) is 0.429. The molecule has 0 aliphatic heterocycles. The Labute approximate surface area is 108 Å². The van der Waals surface area contributed by atoms with Gasteiger partial charge in [-0.2, -0.15) is 0 Å². The molecule has 0 atom stereocenters. The van der Waals surface area contributed by atoms with Crippen molar-refractivity contribution < 1.29 is 9.59 Å². The highest BCUT2D eigenvalue weighted by Crippen LogP contribution is 2.21. The summed E-state index contributed by atoms with van der Waals surface area (Å²) in [6, 6.07) is 7.23. The van der Waals surface area contributed by atoms with Crippen LogP contribution in [0.2, 0.25) is 0 Å². The molecule has 4 heteroatoms. The van der Waals surface area contributed by atoms with Crippen LogP contribution in [0.5, 0.6) is 0 Å². The van der Waals surface area contributed by atoms with Crippen molar-refractivity contribution in [2.24, 2.45) is 5.41 Å². The summed E-state index contributed by atoms with van der Waals surface area (Å²) in [5.74, 6) is -0.0978. The van der Waals surface area contributed by atoms with Crippen molar-refractivity contribution in [2.75, 3.05) is 17.3 Å². The molecule has 1 rings (SSSR count). The molecule has 0 heterocycles. The third-order valence-electron chi connectivity index (χ3n) is 2.64. The van der Waals surface area contributed by atoms with Crippen LogP contribution in [-0.2, 0) is 9.59 Å². The van der Waals surface area contributed by atoms with Gasteiger partial charge in [0.25, 0.3) is 0 Å². The zero-order chi connectivity index (χ0) is 13.9. The number of benzene rings is 1. The fourth-order valence-electron chi connectivity index (χ4n) is 1.29. The predicted octanol–water partition coefficient (Wildman–Crippen LogP) is 2.65. The summed E-state index contributed by atoms with van der Waals surface area (Å²) >= 11 is 0. The summed E-state index contributed by atoms with van der Waals surface area (Å²) in [7, 11) is 1.70. The minimum absolute atomic E-state index is 0.0469. The number of carbonyl (C=O) groups is 2. The second kappa shape index (κ2) is 5.21. The van der Waals surface area contributed by atoms with Crippen LogP contribution < -0.4 is 10.2 Å². The van der Waals surface area contributed by atoms with Gasteiger partial charge in [0.15, 0.2) is 0 Å². The van der Waals surface area contributed by atoms with Crippen LogP contribution in [0.15, 0.2) is 24.3 Å². The van der Waals surface area contributed by atoms with Gasteiger partial charge in [-0.15, -0.1) is 0 Å². The lowest BCUT2D eigenvalue weighted by Gasteiger charge is -2.19. The van der Waals surface area contributed by atoms with E-state index in [1.807, 2.05) is 32.9 Å². The number of nitrogens with one attached hydrogen (secondary N) is 1. The van der Waals surface area contributed by atoms with Crippen LogP contribution in [0, 0.1) is 5.41 Å². The van der Waals surface area contributed by atoms with E-state index in [9.17, 15) is 9.59 Å². The number of carbonyl (C=O) groups excluding carboxylic acids is 2. The summed E-state index contributed by atoms with van der Waals surface area (Å²) < 4.78 is 0. The van der Waals surface area contributed by atoms with Crippen molar-refractivity contribution in [3.8, 4) is 0 Å². The van der Waals surface area contributed by atoms with Crippen LogP contribution in [0.25, 0.3) is 0 Å². The molecule has 0 aliphatic carbocycles. The molecule has 0 spiro atoms. The van der Waals surface area contributed by atoms with Crippen molar-refractivity contribution in [3.05, 3.63) is 24.3 Å². The lowest BCUT2D eigenvalue weighted by Crippen LogP contribution is -2.28. The largest absolute Gasteiger partial charge is 0.326 e. The Hall–Kier alpha value is -1.84. The molecule has 1 aromatic carbocycles. The van der Waals surface area contributed by atoms with E-state index in [-0.39, 0.29) is 11.8 Å². The molecule has 0 saturated carbocycles. The van der Waals surface area contributed by atoms with Crippen molar-refractivity contribution >= 4 is 23.2 Å². The first-order valence-corrected chi connectivity index (χ1v) is 5.87. The van der Waals surface area contributed by atoms with Crippen molar-refractivity contribution in [3.63, 3.8) is 0 Å². The molecule has 0 radical (unpaired) electrons. The zero-order valence-corrected chi connectivity index (χ0v) is 11.6. The molecule has 0 aromatic heterocycles. The second-order valence-corrected chi connectivity index (χ2v) is 5.33. The maximum absolute atomic E-state index is 11.9. The fourth-order valence-corrected chi connectivity index (χ4v) is 1.29. The van der Waals surface area contributed by atoms with Gasteiger partial charge in [-0.3, -0.25) is 9.59 Å². The van der Waals surface area contributed by atoms with Gasteiger partial charge in [0, 0.05) is 30.8 Å². The smallest absolute Gasteiger partial charge is 0.229 e. The maximum atomic E-state index is 11.9. The van der Waals surface area contributed by atoms with E-state index in [4.69, 9.17) is 0 Å². The van der Waals surface area contributed by atoms with E-state index in [0.29, 0.717) is 5.69 Å².